The molecule has 0 radical (unpaired) electrons. The van der Waals surface area contributed by atoms with Crippen molar-refractivity contribution in [3.8, 4) is 5.82 Å². The summed E-state index contributed by atoms with van der Waals surface area (Å²) in [5.41, 5.74) is 3.06. The van der Waals surface area contributed by atoms with Gasteiger partial charge in [0.25, 0.3) is 0 Å². The van der Waals surface area contributed by atoms with Gasteiger partial charge in [0.15, 0.2) is 11.6 Å². The Kier molecular flexibility index (Phi) is 7.70. The van der Waals surface area contributed by atoms with Crippen LogP contribution < -0.4 is 10.2 Å². The van der Waals surface area contributed by atoms with E-state index in [9.17, 15) is 4.79 Å². The molecule has 0 unspecified atom stereocenters. The molecule has 0 aromatic carbocycles. The SMILES string of the molecule is Cc1nn(-c2ccc(N3CCCCC3)nn2)c(C)c1CCC(=O)NCCN1CCOCC1. The van der Waals surface area contributed by atoms with Crippen LogP contribution in [0.2, 0.25) is 0 Å². The molecule has 4 rings (SSSR count). The van der Waals surface area contributed by atoms with Crippen LogP contribution in [0.4, 0.5) is 5.82 Å². The zero-order chi connectivity index (χ0) is 22.3. The van der Waals surface area contributed by atoms with Gasteiger partial charge in [0, 0.05) is 51.4 Å². The van der Waals surface area contributed by atoms with Gasteiger partial charge in [-0.1, -0.05) is 0 Å². The average Bonchev–Trinajstić information content (AvgIpc) is 3.12. The number of carbonyl (C=O) groups is 1. The minimum Gasteiger partial charge on any atom is -0.379 e. The van der Waals surface area contributed by atoms with E-state index in [4.69, 9.17) is 4.74 Å². The van der Waals surface area contributed by atoms with Gasteiger partial charge in [0.2, 0.25) is 5.91 Å². The van der Waals surface area contributed by atoms with E-state index in [2.05, 4.69) is 30.4 Å². The van der Waals surface area contributed by atoms with Crippen LogP contribution in [0.15, 0.2) is 12.1 Å². The van der Waals surface area contributed by atoms with Gasteiger partial charge >= 0.3 is 0 Å². The summed E-state index contributed by atoms with van der Waals surface area (Å²) in [7, 11) is 0. The summed E-state index contributed by atoms with van der Waals surface area (Å²) in [6.07, 6.45) is 4.84. The standard InChI is InChI=1S/C23H35N7O2/c1-18-20(6-9-23(31)24-10-13-28-14-16-32-17-15-28)19(2)30(27-18)22-8-7-21(25-26-22)29-11-4-3-5-12-29/h7-8H,3-6,9-17H2,1-2H3,(H,24,31). The highest BCUT2D eigenvalue weighted by molar-refractivity contribution is 5.76. The predicted octanol–water partition coefficient (Wildman–Crippen LogP) is 1.65. The molecule has 2 aromatic rings. The molecule has 2 aliphatic rings. The van der Waals surface area contributed by atoms with Crippen molar-refractivity contribution in [1.82, 2.24) is 30.2 Å². The second kappa shape index (κ2) is 10.9. The molecule has 9 nitrogen and oxygen atoms in total. The second-order valence-electron chi connectivity index (χ2n) is 8.66. The van der Waals surface area contributed by atoms with E-state index in [1.807, 2.05) is 30.7 Å². The molecule has 174 valence electrons. The zero-order valence-corrected chi connectivity index (χ0v) is 19.3. The summed E-state index contributed by atoms with van der Waals surface area (Å²) in [5.74, 6) is 1.73. The van der Waals surface area contributed by atoms with E-state index in [0.29, 0.717) is 25.2 Å². The number of aromatic nitrogens is 4. The van der Waals surface area contributed by atoms with Crippen molar-refractivity contribution >= 4 is 11.7 Å². The number of nitrogens with zero attached hydrogens (tertiary/aromatic N) is 6. The molecule has 0 spiro atoms. The third-order valence-corrected chi connectivity index (χ3v) is 6.43. The van der Waals surface area contributed by atoms with Gasteiger partial charge in [-0.3, -0.25) is 9.69 Å². The highest BCUT2D eigenvalue weighted by Crippen LogP contribution is 2.20. The van der Waals surface area contributed by atoms with Crippen molar-refractivity contribution in [3.63, 3.8) is 0 Å². The van der Waals surface area contributed by atoms with Crippen LogP contribution in [0.5, 0.6) is 0 Å². The normalized spacial score (nSPS) is 17.5. The zero-order valence-electron chi connectivity index (χ0n) is 19.3. The van der Waals surface area contributed by atoms with Gasteiger partial charge in [-0.15, -0.1) is 10.2 Å². The van der Waals surface area contributed by atoms with E-state index in [-0.39, 0.29) is 5.91 Å². The lowest BCUT2D eigenvalue weighted by atomic mass is 10.1. The summed E-state index contributed by atoms with van der Waals surface area (Å²) in [5, 5.41) is 16.6. The quantitative estimate of drug-likeness (QED) is 0.666. The summed E-state index contributed by atoms with van der Waals surface area (Å²) in [6, 6.07) is 4.02. The van der Waals surface area contributed by atoms with Gasteiger partial charge < -0.3 is 15.0 Å². The Labute approximate surface area is 190 Å². The Morgan fingerprint density at radius 1 is 1.03 bits per heavy atom. The smallest absolute Gasteiger partial charge is 0.220 e. The molecule has 1 N–H and O–H groups in total. The molecule has 0 aliphatic carbocycles. The molecular weight excluding hydrogens is 406 g/mol. The number of ether oxygens (including phenoxy) is 1. The van der Waals surface area contributed by atoms with Crippen LogP contribution in [0.1, 0.15) is 42.6 Å². The lowest BCUT2D eigenvalue weighted by molar-refractivity contribution is -0.121. The second-order valence-corrected chi connectivity index (χ2v) is 8.66. The molecule has 2 saturated heterocycles. The van der Waals surface area contributed by atoms with Crippen molar-refractivity contribution in [3.05, 3.63) is 29.1 Å². The third kappa shape index (κ3) is 5.63. The maximum Gasteiger partial charge on any atom is 0.220 e. The van der Waals surface area contributed by atoms with E-state index in [0.717, 1.165) is 68.7 Å². The van der Waals surface area contributed by atoms with Gasteiger partial charge in [0.1, 0.15) is 0 Å². The molecule has 2 aliphatic heterocycles. The van der Waals surface area contributed by atoms with Crippen LogP contribution in [0.25, 0.3) is 5.82 Å². The lowest BCUT2D eigenvalue weighted by Gasteiger charge is -2.27. The van der Waals surface area contributed by atoms with Crippen molar-refractivity contribution in [2.24, 2.45) is 0 Å². The number of piperidine rings is 1. The fraction of sp³-hybridized carbons (Fsp3) is 0.652. The molecule has 32 heavy (non-hydrogen) atoms. The number of rotatable bonds is 8. The molecule has 2 fully saturated rings. The van der Waals surface area contributed by atoms with Crippen molar-refractivity contribution in [2.45, 2.75) is 46.0 Å². The van der Waals surface area contributed by atoms with Crippen LogP contribution in [0.3, 0.4) is 0 Å². The summed E-state index contributed by atoms with van der Waals surface area (Å²) in [4.78, 5) is 17.0. The number of nitrogens with one attached hydrogen (secondary N) is 1. The van der Waals surface area contributed by atoms with Gasteiger partial charge in [-0.05, 0) is 57.2 Å². The first-order valence-corrected chi connectivity index (χ1v) is 11.8. The fourth-order valence-electron chi connectivity index (χ4n) is 4.49. The minimum absolute atomic E-state index is 0.0792. The van der Waals surface area contributed by atoms with Gasteiger partial charge in [0.05, 0.1) is 18.9 Å². The average molecular weight is 442 g/mol. The van der Waals surface area contributed by atoms with Crippen LogP contribution in [0, 0.1) is 13.8 Å². The van der Waals surface area contributed by atoms with E-state index in [1.165, 1.54) is 19.3 Å². The molecule has 1 amide bonds. The largest absolute Gasteiger partial charge is 0.379 e. The summed E-state index contributed by atoms with van der Waals surface area (Å²) < 4.78 is 7.20. The number of amides is 1. The number of morpholine rings is 1. The third-order valence-electron chi connectivity index (χ3n) is 6.43. The van der Waals surface area contributed by atoms with Crippen LogP contribution >= 0.6 is 0 Å². The minimum atomic E-state index is 0.0792. The number of carbonyl (C=O) groups excluding carboxylic acids is 1. The van der Waals surface area contributed by atoms with Gasteiger partial charge in [-0.25, -0.2) is 4.68 Å². The highest BCUT2D eigenvalue weighted by Gasteiger charge is 2.17. The van der Waals surface area contributed by atoms with E-state index >= 15 is 0 Å². The Balaban J connectivity index is 1.30. The van der Waals surface area contributed by atoms with E-state index in [1.54, 1.807) is 0 Å². The van der Waals surface area contributed by atoms with E-state index < -0.39 is 0 Å². The lowest BCUT2D eigenvalue weighted by Crippen LogP contribution is -2.41. The van der Waals surface area contributed by atoms with Gasteiger partial charge in [-0.2, -0.15) is 5.10 Å². The Bertz CT molecular complexity index is 884. The molecule has 0 bridgehead atoms. The number of hydrogen-bond donors (Lipinski definition) is 1. The first kappa shape index (κ1) is 22.7. The number of hydrogen-bond acceptors (Lipinski definition) is 7. The molecule has 0 atom stereocenters. The number of anilines is 1. The maximum absolute atomic E-state index is 12.3. The molecular formula is C23H35N7O2. The molecule has 9 heteroatoms. The summed E-state index contributed by atoms with van der Waals surface area (Å²) in [6.45, 7) is 11.1. The van der Waals surface area contributed by atoms with Crippen LogP contribution in [-0.2, 0) is 16.0 Å². The molecule has 0 saturated carbocycles. The topological polar surface area (TPSA) is 88.4 Å². The molecule has 2 aromatic heterocycles. The van der Waals surface area contributed by atoms with Crippen LogP contribution in [-0.4, -0.2) is 83.3 Å². The Hall–Kier alpha value is -2.52. The van der Waals surface area contributed by atoms with Crippen molar-refractivity contribution in [1.29, 1.82) is 0 Å². The predicted molar refractivity (Wildman–Crippen MR) is 123 cm³/mol. The summed E-state index contributed by atoms with van der Waals surface area (Å²) >= 11 is 0. The highest BCUT2D eigenvalue weighted by atomic mass is 16.5. The number of aryl methyl sites for hydroxylation is 1. The van der Waals surface area contributed by atoms with Crippen molar-refractivity contribution in [2.75, 3.05) is 57.4 Å². The Morgan fingerprint density at radius 2 is 1.75 bits per heavy atom. The Morgan fingerprint density at radius 3 is 2.47 bits per heavy atom. The monoisotopic (exact) mass is 441 g/mol. The molecule has 4 heterocycles. The first-order chi connectivity index (χ1) is 15.6. The maximum atomic E-state index is 12.3. The first-order valence-electron chi connectivity index (χ1n) is 11.8. The van der Waals surface area contributed by atoms with Crippen molar-refractivity contribution < 1.29 is 9.53 Å². The fourth-order valence-corrected chi connectivity index (χ4v) is 4.49.